The lowest BCUT2D eigenvalue weighted by Gasteiger charge is -2.17. The van der Waals surface area contributed by atoms with Crippen molar-refractivity contribution in [3.8, 4) is 11.5 Å². The van der Waals surface area contributed by atoms with Crippen LogP contribution in [0.15, 0.2) is 47.6 Å². The van der Waals surface area contributed by atoms with E-state index in [1.165, 1.54) is 19.2 Å². The molecule has 0 atom stereocenters. The van der Waals surface area contributed by atoms with E-state index in [1.54, 1.807) is 23.0 Å². The molecule has 3 heterocycles. The summed E-state index contributed by atoms with van der Waals surface area (Å²) >= 11 is 0. The minimum Gasteiger partial charge on any atom is -0.495 e. The largest absolute Gasteiger partial charge is 0.495 e. The SMILES string of the molecule is CCc1nc(C(=O)NS(=O)(=O)c2cc3c(cc2OC)OCC3(C)C)ccc1Cn1cccn1. The van der Waals surface area contributed by atoms with Crippen LogP contribution in [0.2, 0.25) is 0 Å². The van der Waals surface area contributed by atoms with Crippen molar-refractivity contribution in [2.24, 2.45) is 0 Å². The molecule has 4 rings (SSSR count). The minimum absolute atomic E-state index is 0.0171. The Kier molecular flexibility index (Phi) is 5.87. The lowest BCUT2D eigenvalue weighted by molar-refractivity contribution is 0.0976. The molecule has 2 aromatic heterocycles. The van der Waals surface area contributed by atoms with Crippen molar-refractivity contribution in [3.63, 3.8) is 0 Å². The zero-order valence-corrected chi connectivity index (χ0v) is 19.8. The van der Waals surface area contributed by atoms with Gasteiger partial charge in [0.05, 0.1) is 20.3 Å². The Labute approximate surface area is 192 Å². The number of rotatable bonds is 7. The molecule has 3 aromatic rings. The van der Waals surface area contributed by atoms with Gasteiger partial charge in [0.25, 0.3) is 15.9 Å². The highest BCUT2D eigenvalue weighted by Crippen LogP contribution is 2.43. The van der Waals surface area contributed by atoms with Gasteiger partial charge in [-0.3, -0.25) is 9.48 Å². The van der Waals surface area contributed by atoms with Crippen molar-refractivity contribution < 1.29 is 22.7 Å². The van der Waals surface area contributed by atoms with Gasteiger partial charge in [-0.25, -0.2) is 18.1 Å². The van der Waals surface area contributed by atoms with E-state index >= 15 is 0 Å². The van der Waals surface area contributed by atoms with Gasteiger partial charge in [0.1, 0.15) is 22.1 Å². The maximum atomic E-state index is 13.1. The van der Waals surface area contributed by atoms with Crippen LogP contribution < -0.4 is 14.2 Å². The predicted molar refractivity (Wildman–Crippen MR) is 121 cm³/mol. The molecule has 0 unspecified atom stereocenters. The highest BCUT2D eigenvalue weighted by atomic mass is 32.2. The van der Waals surface area contributed by atoms with Gasteiger partial charge in [-0.2, -0.15) is 5.10 Å². The Morgan fingerprint density at radius 1 is 1.30 bits per heavy atom. The fourth-order valence-corrected chi connectivity index (χ4v) is 4.94. The molecule has 0 radical (unpaired) electrons. The summed E-state index contributed by atoms with van der Waals surface area (Å²) < 4.78 is 41.1. The van der Waals surface area contributed by atoms with Crippen LogP contribution in [0, 0.1) is 0 Å². The number of benzene rings is 1. The molecule has 1 aromatic carbocycles. The molecule has 1 amide bonds. The van der Waals surface area contributed by atoms with E-state index < -0.39 is 15.9 Å². The summed E-state index contributed by atoms with van der Waals surface area (Å²) in [6.45, 7) is 6.78. The molecule has 10 heteroatoms. The summed E-state index contributed by atoms with van der Waals surface area (Å²) in [6, 6.07) is 8.16. The number of nitrogens with one attached hydrogen (secondary N) is 1. The lowest BCUT2D eigenvalue weighted by Crippen LogP contribution is -2.32. The van der Waals surface area contributed by atoms with Crippen LogP contribution in [0.3, 0.4) is 0 Å². The van der Waals surface area contributed by atoms with Crippen molar-refractivity contribution in [1.29, 1.82) is 0 Å². The number of sulfonamides is 1. The second kappa shape index (κ2) is 8.51. The number of ether oxygens (including phenoxy) is 2. The van der Waals surface area contributed by atoms with Crippen LogP contribution in [-0.2, 0) is 28.4 Å². The first-order valence-electron chi connectivity index (χ1n) is 10.5. The number of fused-ring (bicyclic) bond motifs is 1. The Bertz CT molecular complexity index is 1300. The molecule has 1 N–H and O–H groups in total. The molecule has 0 saturated carbocycles. The van der Waals surface area contributed by atoms with E-state index in [2.05, 4.69) is 14.8 Å². The number of carbonyl (C=O) groups excluding carboxylic acids is 1. The quantitative estimate of drug-likeness (QED) is 0.565. The maximum absolute atomic E-state index is 13.1. The third-order valence-corrected chi connectivity index (χ3v) is 6.98. The molecule has 0 aliphatic carbocycles. The second-order valence-electron chi connectivity index (χ2n) is 8.47. The first kappa shape index (κ1) is 22.8. The van der Waals surface area contributed by atoms with E-state index in [9.17, 15) is 13.2 Å². The number of carbonyl (C=O) groups is 1. The molecule has 1 aliphatic rings. The number of methoxy groups -OCH3 is 1. The average Bonchev–Trinajstić information content (AvgIpc) is 3.40. The number of aromatic nitrogens is 3. The monoisotopic (exact) mass is 470 g/mol. The summed E-state index contributed by atoms with van der Waals surface area (Å²) in [7, 11) is -2.86. The summed E-state index contributed by atoms with van der Waals surface area (Å²) in [5.74, 6) is -0.138. The third kappa shape index (κ3) is 4.43. The van der Waals surface area contributed by atoms with Crippen LogP contribution in [0.4, 0.5) is 0 Å². The zero-order chi connectivity index (χ0) is 23.8. The van der Waals surface area contributed by atoms with Crippen molar-refractivity contribution >= 4 is 15.9 Å². The molecule has 0 spiro atoms. The molecule has 0 saturated heterocycles. The molecular weight excluding hydrogens is 444 g/mol. The van der Waals surface area contributed by atoms with Gasteiger partial charge in [-0.05, 0) is 30.2 Å². The molecule has 0 fully saturated rings. The van der Waals surface area contributed by atoms with Gasteiger partial charge < -0.3 is 9.47 Å². The van der Waals surface area contributed by atoms with Crippen LogP contribution >= 0.6 is 0 Å². The fourth-order valence-electron chi connectivity index (χ4n) is 3.80. The van der Waals surface area contributed by atoms with Gasteiger partial charge in [0.2, 0.25) is 0 Å². The summed E-state index contributed by atoms with van der Waals surface area (Å²) in [6.07, 6.45) is 4.10. The normalized spacial score (nSPS) is 14.4. The van der Waals surface area contributed by atoms with E-state index in [1.807, 2.05) is 33.0 Å². The van der Waals surface area contributed by atoms with Crippen LogP contribution in [-0.4, -0.2) is 42.8 Å². The van der Waals surface area contributed by atoms with Crippen LogP contribution in [0.1, 0.15) is 48.1 Å². The number of aryl methyl sites for hydroxylation is 1. The van der Waals surface area contributed by atoms with Crippen molar-refractivity contribution in [3.05, 3.63) is 65.2 Å². The highest BCUT2D eigenvalue weighted by molar-refractivity contribution is 7.90. The topological polar surface area (TPSA) is 112 Å². The van der Waals surface area contributed by atoms with Crippen molar-refractivity contribution in [1.82, 2.24) is 19.5 Å². The van der Waals surface area contributed by atoms with Crippen LogP contribution in [0.5, 0.6) is 11.5 Å². The van der Waals surface area contributed by atoms with Gasteiger partial charge >= 0.3 is 0 Å². The molecule has 0 bridgehead atoms. The third-order valence-electron chi connectivity index (χ3n) is 5.63. The Hall–Kier alpha value is -3.40. The number of pyridine rings is 1. The number of nitrogens with zero attached hydrogens (tertiary/aromatic N) is 3. The molecule has 1 aliphatic heterocycles. The van der Waals surface area contributed by atoms with Crippen molar-refractivity contribution in [2.75, 3.05) is 13.7 Å². The maximum Gasteiger partial charge on any atom is 0.283 e. The Balaban J connectivity index is 1.62. The molecular formula is C23H26N4O5S. The van der Waals surface area contributed by atoms with E-state index in [0.29, 0.717) is 31.0 Å². The Morgan fingerprint density at radius 3 is 2.76 bits per heavy atom. The molecule has 9 nitrogen and oxygen atoms in total. The first-order valence-corrected chi connectivity index (χ1v) is 12.0. The van der Waals surface area contributed by atoms with Gasteiger partial charge in [0.15, 0.2) is 0 Å². The highest BCUT2D eigenvalue weighted by Gasteiger charge is 2.35. The van der Waals surface area contributed by atoms with Crippen LogP contribution in [0.25, 0.3) is 0 Å². The standard InChI is InChI=1S/C23H26N4O5S/c1-5-17-15(13-27-10-6-9-24-27)7-8-18(25-17)22(28)26-33(29,30)21-11-16-19(12-20(21)31-4)32-14-23(16,2)3/h6-12H,5,13-14H2,1-4H3,(H,26,28). The first-order chi connectivity index (χ1) is 15.6. The molecule has 33 heavy (non-hydrogen) atoms. The summed E-state index contributed by atoms with van der Waals surface area (Å²) in [4.78, 5) is 17.1. The zero-order valence-electron chi connectivity index (χ0n) is 19.0. The van der Waals surface area contributed by atoms with E-state index in [4.69, 9.17) is 9.47 Å². The lowest BCUT2D eigenvalue weighted by atomic mass is 9.87. The number of hydrogen-bond donors (Lipinski definition) is 1. The van der Waals surface area contributed by atoms with E-state index in [-0.39, 0.29) is 21.8 Å². The predicted octanol–water partition coefficient (Wildman–Crippen LogP) is 2.69. The fraction of sp³-hybridized carbons (Fsp3) is 0.348. The smallest absolute Gasteiger partial charge is 0.283 e. The van der Waals surface area contributed by atoms with E-state index in [0.717, 1.165) is 11.1 Å². The van der Waals surface area contributed by atoms with Gasteiger partial charge in [-0.1, -0.05) is 26.8 Å². The minimum atomic E-state index is -4.23. The van der Waals surface area contributed by atoms with Gasteiger partial charge in [0, 0.05) is 35.1 Å². The van der Waals surface area contributed by atoms with Gasteiger partial charge in [-0.15, -0.1) is 0 Å². The Morgan fingerprint density at radius 2 is 2.09 bits per heavy atom. The second-order valence-corrected chi connectivity index (χ2v) is 10.1. The number of amides is 1. The number of hydrogen-bond acceptors (Lipinski definition) is 7. The summed E-state index contributed by atoms with van der Waals surface area (Å²) in [5.41, 5.74) is 2.00. The average molecular weight is 471 g/mol. The molecule has 174 valence electrons. The summed E-state index contributed by atoms with van der Waals surface area (Å²) in [5, 5.41) is 4.19. The van der Waals surface area contributed by atoms with Crippen molar-refractivity contribution in [2.45, 2.75) is 44.0 Å².